The second kappa shape index (κ2) is 16.0. The van der Waals surface area contributed by atoms with E-state index < -0.39 is 0 Å². The van der Waals surface area contributed by atoms with Gasteiger partial charge in [-0.05, 0) is 65.6 Å². The number of allylic oxidation sites excluding steroid dienone is 1. The van der Waals surface area contributed by atoms with Crippen LogP contribution in [0.3, 0.4) is 0 Å². The van der Waals surface area contributed by atoms with Gasteiger partial charge in [-0.15, -0.1) is 0 Å². The number of benzene rings is 3. The summed E-state index contributed by atoms with van der Waals surface area (Å²) in [4.78, 5) is 0. The van der Waals surface area contributed by atoms with Crippen molar-refractivity contribution < 1.29 is 0 Å². The Bertz CT molecular complexity index is 1250. The quantitative estimate of drug-likeness (QED) is 0.117. The van der Waals surface area contributed by atoms with E-state index in [1.165, 1.54) is 123 Å². The van der Waals surface area contributed by atoms with Crippen LogP contribution in [-0.2, 0) is 5.41 Å². The van der Waals surface area contributed by atoms with Gasteiger partial charge in [-0.3, -0.25) is 0 Å². The lowest BCUT2D eigenvalue weighted by Gasteiger charge is -2.33. The van der Waals surface area contributed by atoms with Crippen LogP contribution in [0.2, 0.25) is 0 Å². The van der Waals surface area contributed by atoms with Crippen LogP contribution in [0.15, 0.2) is 66.7 Å². The van der Waals surface area contributed by atoms with Gasteiger partial charge in [-0.2, -0.15) is 0 Å². The molecule has 0 amide bonds. The second-order valence-corrected chi connectivity index (χ2v) is 12.5. The molecule has 0 saturated carbocycles. The van der Waals surface area contributed by atoms with Gasteiger partial charge in [0.2, 0.25) is 0 Å². The largest absolute Gasteiger partial charge is 0.0871 e. The maximum atomic E-state index is 2.55. The van der Waals surface area contributed by atoms with Crippen molar-refractivity contribution in [1.29, 1.82) is 0 Å². The Labute approximate surface area is 252 Å². The van der Waals surface area contributed by atoms with Crippen LogP contribution in [-0.4, -0.2) is 0 Å². The van der Waals surface area contributed by atoms with Crippen molar-refractivity contribution in [2.75, 3.05) is 0 Å². The number of hydrogen-bond acceptors (Lipinski definition) is 0. The molecule has 1 aliphatic rings. The van der Waals surface area contributed by atoms with E-state index in [9.17, 15) is 0 Å². The lowest BCUT2D eigenvalue weighted by atomic mass is 9.70. The molecular weight excluding hydrogens is 492 g/mol. The summed E-state index contributed by atoms with van der Waals surface area (Å²) >= 11 is 0. The smallest absolute Gasteiger partial charge is 0.0215 e. The van der Waals surface area contributed by atoms with Gasteiger partial charge in [-0.25, -0.2) is 0 Å². The third-order valence-electron chi connectivity index (χ3n) is 9.23. The van der Waals surface area contributed by atoms with Crippen LogP contribution in [0.4, 0.5) is 0 Å². The standard InChI is InChI=1S/C41H54/c1-5-8-10-12-14-16-29-41(30-17-15-13-11-9-6-2)39-31-35(18-7-3)25-27-37(39)38-28-26-36(32-40(38)41)24-23-34-21-19-33(4)20-22-34/h7,18-28,31-32H,5-6,8-17,29-30H2,1-4H3/b18-7+,24-23+. The molecule has 0 saturated heterocycles. The lowest BCUT2D eigenvalue weighted by molar-refractivity contribution is 0.398. The van der Waals surface area contributed by atoms with E-state index in [1.54, 1.807) is 11.1 Å². The number of hydrogen-bond donors (Lipinski definition) is 0. The first kappa shape index (κ1) is 31.1. The molecule has 0 N–H and O–H groups in total. The van der Waals surface area contributed by atoms with E-state index in [0.717, 1.165) is 0 Å². The molecule has 0 spiro atoms. The van der Waals surface area contributed by atoms with Gasteiger partial charge in [0.1, 0.15) is 0 Å². The topological polar surface area (TPSA) is 0 Å². The zero-order chi connectivity index (χ0) is 28.9. The molecular formula is C41H54. The van der Waals surface area contributed by atoms with Gasteiger partial charge in [-0.1, -0.05) is 181 Å². The third kappa shape index (κ3) is 8.12. The van der Waals surface area contributed by atoms with Gasteiger partial charge < -0.3 is 0 Å². The Balaban J connectivity index is 1.70. The molecule has 41 heavy (non-hydrogen) atoms. The first-order valence-corrected chi connectivity index (χ1v) is 16.8. The van der Waals surface area contributed by atoms with E-state index in [2.05, 4.69) is 113 Å². The summed E-state index contributed by atoms with van der Waals surface area (Å²) in [6.07, 6.45) is 27.8. The van der Waals surface area contributed by atoms with Crippen molar-refractivity contribution in [3.8, 4) is 11.1 Å². The van der Waals surface area contributed by atoms with Gasteiger partial charge >= 0.3 is 0 Å². The monoisotopic (exact) mass is 546 g/mol. The van der Waals surface area contributed by atoms with Crippen molar-refractivity contribution in [1.82, 2.24) is 0 Å². The van der Waals surface area contributed by atoms with Crippen LogP contribution in [0.5, 0.6) is 0 Å². The highest BCUT2D eigenvalue weighted by atomic mass is 14.4. The fourth-order valence-electron chi connectivity index (χ4n) is 6.88. The van der Waals surface area contributed by atoms with Gasteiger partial charge in [0, 0.05) is 5.41 Å². The molecule has 0 radical (unpaired) electrons. The third-order valence-corrected chi connectivity index (χ3v) is 9.23. The van der Waals surface area contributed by atoms with Crippen molar-refractivity contribution >= 4 is 18.2 Å². The Hall–Kier alpha value is -2.86. The predicted octanol–water partition coefficient (Wildman–Crippen LogP) is 13.0. The highest BCUT2D eigenvalue weighted by Gasteiger charge is 2.42. The molecule has 0 heterocycles. The van der Waals surface area contributed by atoms with Crippen molar-refractivity contribution in [3.05, 3.63) is 100 Å². The molecule has 0 heteroatoms. The summed E-state index contributed by atoms with van der Waals surface area (Å²) < 4.78 is 0. The fraction of sp³-hybridized carbons (Fsp3) is 0.463. The van der Waals surface area contributed by atoms with Crippen molar-refractivity contribution in [2.45, 2.75) is 123 Å². The molecule has 218 valence electrons. The average Bonchev–Trinajstić information content (AvgIpc) is 3.25. The fourth-order valence-corrected chi connectivity index (χ4v) is 6.88. The minimum Gasteiger partial charge on any atom is -0.0871 e. The SMILES string of the molecule is C/C=C/c1ccc2c(c1)C(CCCCCCCC)(CCCCCCCC)c1cc(/C=C/c3ccc(C)cc3)ccc1-2. The molecule has 1 aliphatic carbocycles. The molecule has 0 aromatic heterocycles. The number of fused-ring (bicyclic) bond motifs is 3. The summed E-state index contributed by atoms with van der Waals surface area (Å²) in [7, 11) is 0. The summed E-state index contributed by atoms with van der Waals surface area (Å²) in [5.41, 5.74) is 11.5. The summed E-state index contributed by atoms with van der Waals surface area (Å²) in [6, 6.07) is 23.4. The Morgan fingerprint density at radius 3 is 1.46 bits per heavy atom. The van der Waals surface area contributed by atoms with Gasteiger partial charge in [0.25, 0.3) is 0 Å². The van der Waals surface area contributed by atoms with Crippen LogP contribution >= 0.6 is 0 Å². The van der Waals surface area contributed by atoms with Crippen molar-refractivity contribution in [3.63, 3.8) is 0 Å². The zero-order valence-corrected chi connectivity index (χ0v) is 26.5. The van der Waals surface area contributed by atoms with E-state index in [0.29, 0.717) is 0 Å². The summed E-state index contributed by atoms with van der Waals surface area (Å²) in [5, 5.41) is 0. The maximum absolute atomic E-state index is 2.55. The Morgan fingerprint density at radius 1 is 0.512 bits per heavy atom. The van der Waals surface area contributed by atoms with Crippen LogP contribution in [0.25, 0.3) is 29.4 Å². The Morgan fingerprint density at radius 2 is 0.951 bits per heavy atom. The Kier molecular flexibility index (Phi) is 12.1. The molecule has 0 bridgehead atoms. The van der Waals surface area contributed by atoms with Gasteiger partial charge in [0.15, 0.2) is 0 Å². The molecule has 0 atom stereocenters. The normalized spacial score (nSPS) is 13.8. The van der Waals surface area contributed by atoms with E-state index in [-0.39, 0.29) is 5.41 Å². The number of rotatable bonds is 17. The minimum absolute atomic E-state index is 0.117. The summed E-state index contributed by atoms with van der Waals surface area (Å²) in [6.45, 7) is 8.92. The van der Waals surface area contributed by atoms with E-state index >= 15 is 0 Å². The molecule has 0 aliphatic heterocycles. The lowest BCUT2D eigenvalue weighted by Crippen LogP contribution is -2.25. The zero-order valence-electron chi connectivity index (χ0n) is 26.5. The van der Waals surface area contributed by atoms with Crippen LogP contribution in [0, 0.1) is 6.92 Å². The maximum Gasteiger partial charge on any atom is 0.0215 e. The average molecular weight is 547 g/mol. The highest BCUT2D eigenvalue weighted by molar-refractivity contribution is 5.84. The van der Waals surface area contributed by atoms with Gasteiger partial charge in [0.05, 0.1) is 0 Å². The molecule has 3 aromatic carbocycles. The molecule has 3 aromatic rings. The molecule has 0 unspecified atom stereocenters. The highest BCUT2D eigenvalue weighted by Crippen LogP contribution is 2.54. The number of unbranched alkanes of at least 4 members (excludes halogenated alkanes) is 10. The first-order valence-electron chi connectivity index (χ1n) is 16.8. The second-order valence-electron chi connectivity index (χ2n) is 12.5. The first-order chi connectivity index (χ1) is 20.1. The molecule has 0 nitrogen and oxygen atoms in total. The number of aryl methyl sites for hydroxylation is 1. The van der Waals surface area contributed by atoms with E-state index in [1.807, 2.05) is 0 Å². The molecule has 4 rings (SSSR count). The van der Waals surface area contributed by atoms with E-state index in [4.69, 9.17) is 0 Å². The minimum atomic E-state index is 0.117. The summed E-state index contributed by atoms with van der Waals surface area (Å²) in [5.74, 6) is 0. The van der Waals surface area contributed by atoms with Crippen molar-refractivity contribution in [2.24, 2.45) is 0 Å². The predicted molar refractivity (Wildman–Crippen MR) is 183 cm³/mol. The molecule has 0 fully saturated rings. The van der Waals surface area contributed by atoms with Crippen LogP contribution in [0.1, 0.15) is 144 Å². The van der Waals surface area contributed by atoms with Crippen LogP contribution < -0.4 is 0 Å².